The highest BCUT2D eigenvalue weighted by Gasteiger charge is 2.40. The number of hydrogen-bond acceptors (Lipinski definition) is 9. The standard InChI is InChI=1S/C32H40Cl2N4O4S/c33-28-8-3-24(21-29(28)34)22-37-13-9-26(10-14-37)36-42-18-2-1-17-39-27-6-4-25(5-7-27)30-23-43-31(35-30)38-15-11-32(12-16-38)40-19-20-41-32/h3-8,21,23,26,36H,1-2,9-20,22H2. The third-order valence-electron chi connectivity index (χ3n) is 8.39. The molecular formula is C32H40Cl2N4O4S. The number of hydroxylamine groups is 1. The van der Waals surface area contributed by atoms with Gasteiger partial charge in [-0.3, -0.25) is 4.90 Å². The topological polar surface area (TPSA) is 68.3 Å². The number of piperidine rings is 2. The van der Waals surface area contributed by atoms with Crippen LogP contribution in [0.1, 0.15) is 44.1 Å². The number of anilines is 1. The molecule has 0 atom stereocenters. The Kier molecular flexibility index (Phi) is 10.7. The van der Waals surface area contributed by atoms with Gasteiger partial charge in [-0.2, -0.15) is 5.48 Å². The van der Waals surface area contributed by atoms with E-state index < -0.39 is 0 Å². The van der Waals surface area contributed by atoms with Gasteiger partial charge < -0.3 is 23.9 Å². The maximum atomic E-state index is 6.16. The summed E-state index contributed by atoms with van der Waals surface area (Å²) in [6.45, 7) is 7.52. The zero-order chi connectivity index (χ0) is 29.5. The molecule has 3 aliphatic heterocycles. The normalized spacial score (nSPS) is 19.3. The fourth-order valence-electron chi connectivity index (χ4n) is 5.84. The highest BCUT2D eigenvalue weighted by Crippen LogP contribution is 2.35. The third-order valence-corrected chi connectivity index (χ3v) is 10.0. The Balaban J connectivity index is 0.828. The Morgan fingerprint density at radius 1 is 0.930 bits per heavy atom. The third kappa shape index (κ3) is 8.41. The van der Waals surface area contributed by atoms with E-state index in [1.54, 1.807) is 11.3 Å². The van der Waals surface area contributed by atoms with Crippen molar-refractivity contribution in [3.63, 3.8) is 0 Å². The van der Waals surface area contributed by atoms with E-state index in [-0.39, 0.29) is 5.79 Å². The van der Waals surface area contributed by atoms with Gasteiger partial charge in [0.25, 0.3) is 0 Å². The van der Waals surface area contributed by atoms with Crippen LogP contribution in [0.2, 0.25) is 10.0 Å². The van der Waals surface area contributed by atoms with Crippen molar-refractivity contribution in [2.75, 3.05) is 57.5 Å². The van der Waals surface area contributed by atoms with Gasteiger partial charge >= 0.3 is 0 Å². The van der Waals surface area contributed by atoms with Crippen molar-refractivity contribution in [2.45, 2.75) is 56.9 Å². The second-order valence-electron chi connectivity index (χ2n) is 11.5. The quantitative estimate of drug-likeness (QED) is 0.170. The Hall–Kier alpha value is -1.95. The monoisotopic (exact) mass is 646 g/mol. The van der Waals surface area contributed by atoms with Crippen LogP contribution in [0.5, 0.6) is 5.75 Å². The van der Waals surface area contributed by atoms with Gasteiger partial charge in [0.15, 0.2) is 10.9 Å². The van der Waals surface area contributed by atoms with Crippen molar-refractivity contribution in [2.24, 2.45) is 0 Å². The van der Waals surface area contributed by atoms with Gasteiger partial charge in [-0.1, -0.05) is 29.3 Å². The lowest BCUT2D eigenvalue weighted by molar-refractivity contribution is -0.169. The lowest BCUT2D eigenvalue weighted by atomic mass is 10.0. The first-order chi connectivity index (χ1) is 21.1. The van der Waals surface area contributed by atoms with Gasteiger partial charge in [0.2, 0.25) is 0 Å². The second-order valence-corrected chi connectivity index (χ2v) is 13.1. The van der Waals surface area contributed by atoms with Crippen LogP contribution in [-0.4, -0.2) is 74.3 Å². The van der Waals surface area contributed by atoms with Gasteiger partial charge in [0, 0.05) is 62.6 Å². The van der Waals surface area contributed by atoms with E-state index in [0.717, 1.165) is 93.4 Å². The SMILES string of the molecule is Clc1ccc(CN2CCC(NOCCCCOc3ccc(-c4csc(N5CCC6(CC5)OCCO6)n4)cc3)CC2)cc1Cl. The summed E-state index contributed by atoms with van der Waals surface area (Å²) in [5.41, 5.74) is 6.56. The molecule has 0 bridgehead atoms. The van der Waals surface area contributed by atoms with Crippen molar-refractivity contribution in [1.29, 1.82) is 0 Å². The number of hydrogen-bond donors (Lipinski definition) is 1. The number of thiazole rings is 1. The molecule has 0 radical (unpaired) electrons. The highest BCUT2D eigenvalue weighted by atomic mass is 35.5. The molecule has 0 unspecified atom stereocenters. The molecule has 0 aliphatic carbocycles. The Bertz CT molecular complexity index is 1300. The Labute approximate surface area is 268 Å². The van der Waals surface area contributed by atoms with Crippen LogP contribution in [-0.2, 0) is 20.9 Å². The van der Waals surface area contributed by atoms with Gasteiger partial charge in [0.05, 0.1) is 42.2 Å². The van der Waals surface area contributed by atoms with E-state index in [4.69, 9.17) is 47.2 Å². The fourth-order valence-corrected chi connectivity index (χ4v) is 7.05. The number of nitrogens with zero attached hydrogens (tertiary/aromatic N) is 3. The molecule has 3 aromatic rings. The molecule has 11 heteroatoms. The number of unbranched alkanes of at least 4 members (excludes halogenated alkanes) is 1. The van der Waals surface area contributed by atoms with E-state index >= 15 is 0 Å². The first-order valence-corrected chi connectivity index (χ1v) is 16.9. The molecule has 43 heavy (non-hydrogen) atoms. The predicted molar refractivity (Wildman–Crippen MR) is 172 cm³/mol. The van der Waals surface area contributed by atoms with Crippen LogP contribution < -0.4 is 15.1 Å². The smallest absolute Gasteiger partial charge is 0.185 e. The molecular weight excluding hydrogens is 607 g/mol. The molecule has 3 saturated heterocycles. The van der Waals surface area contributed by atoms with Gasteiger partial charge in [-0.25, -0.2) is 4.98 Å². The fraction of sp³-hybridized carbons (Fsp3) is 0.531. The number of rotatable bonds is 12. The largest absolute Gasteiger partial charge is 0.494 e. The van der Waals surface area contributed by atoms with Crippen LogP contribution >= 0.6 is 34.5 Å². The number of aromatic nitrogens is 1. The molecule has 6 rings (SSSR count). The van der Waals surface area contributed by atoms with E-state index in [0.29, 0.717) is 42.5 Å². The van der Waals surface area contributed by atoms with Crippen molar-refractivity contribution in [3.8, 4) is 17.0 Å². The lowest BCUT2D eigenvalue weighted by Gasteiger charge is -2.37. The maximum absolute atomic E-state index is 6.16. The average Bonchev–Trinajstić information content (AvgIpc) is 3.71. The summed E-state index contributed by atoms with van der Waals surface area (Å²) >= 11 is 13.9. The summed E-state index contributed by atoms with van der Waals surface area (Å²) in [6.07, 6.45) is 5.78. The van der Waals surface area contributed by atoms with Crippen LogP contribution in [0.4, 0.5) is 5.13 Å². The molecule has 0 amide bonds. The molecule has 1 N–H and O–H groups in total. The first-order valence-electron chi connectivity index (χ1n) is 15.3. The summed E-state index contributed by atoms with van der Waals surface area (Å²) < 4.78 is 17.7. The summed E-state index contributed by atoms with van der Waals surface area (Å²) in [6, 6.07) is 14.5. The molecule has 1 aromatic heterocycles. The van der Waals surface area contributed by atoms with Crippen LogP contribution in [0.15, 0.2) is 47.8 Å². The summed E-state index contributed by atoms with van der Waals surface area (Å²) in [4.78, 5) is 15.5. The minimum atomic E-state index is -0.356. The maximum Gasteiger partial charge on any atom is 0.185 e. The second kappa shape index (κ2) is 14.9. The first kappa shape index (κ1) is 31.0. The summed E-state index contributed by atoms with van der Waals surface area (Å²) in [7, 11) is 0. The molecule has 8 nitrogen and oxygen atoms in total. The van der Waals surface area contributed by atoms with Gasteiger partial charge in [-0.15, -0.1) is 11.3 Å². The zero-order valence-corrected chi connectivity index (χ0v) is 26.8. The summed E-state index contributed by atoms with van der Waals surface area (Å²) in [5, 5.41) is 4.41. The molecule has 3 fully saturated rings. The lowest BCUT2D eigenvalue weighted by Crippen LogP contribution is -2.45. The van der Waals surface area contributed by atoms with Crippen molar-refractivity contribution in [3.05, 3.63) is 63.5 Å². The van der Waals surface area contributed by atoms with Gasteiger partial charge in [-0.05, 0) is 67.6 Å². The molecule has 0 saturated carbocycles. The van der Waals surface area contributed by atoms with Crippen molar-refractivity contribution >= 4 is 39.7 Å². The Morgan fingerprint density at radius 2 is 1.67 bits per heavy atom. The van der Waals surface area contributed by atoms with Crippen molar-refractivity contribution in [1.82, 2.24) is 15.4 Å². The number of ether oxygens (including phenoxy) is 3. The molecule has 3 aliphatic rings. The molecule has 4 heterocycles. The number of nitrogens with one attached hydrogen (secondary N) is 1. The Morgan fingerprint density at radius 3 is 2.42 bits per heavy atom. The molecule has 1 spiro atoms. The summed E-state index contributed by atoms with van der Waals surface area (Å²) in [5.74, 6) is 0.522. The molecule has 232 valence electrons. The van der Waals surface area contributed by atoms with Crippen molar-refractivity contribution < 1.29 is 19.0 Å². The van der Waals surface area contributed by atoms with Crippen LogP contribution in [0, 0.1) is 0 Å². The van der Waals surface area contributed by atoms with Crippen LogP contribution in [0.3, 0.4) is 0 Å². The predicted octanol–water partition coefficient (Wildman–Crippen LogP) is 6.81. The number of likely N-dealkylation sites (tertiary alicyclic amines) is 1. The number of halogens is 2. The van der Waals surface area contributed by atoms with Gasteiger partial charge in [0.1, 0.15) is 5.75 Å². The van der Waals surface area contributed by atoms with E-state index in [1.165, 1.54) is 5.56 Å². The minimum Gasteiger partial charge on any atom is -0.494 e. The average molecular weight is 648 g/mol. The number of benzene rings is 2. The van der Waals surface area contributed by atoms with E-state index in [1.807, 2.05) is 30.3 Å². The van der Waals surface area contributed by atoms with Crippen LogP contribution in [0.25, 0.3) is 11.3 Å². The highest BCUT2D eigenvalue weighted by molar-refractivity contribution is 7.14. The molecule has 2 aromatic carbocycles. The minimum absolute atomic E-state index is 0.356. The van der Waals surface area contributed by atoms with E-state index in [9.17, 15) is 0 Å². The zero-order valence-electron chi connectivity index (χ0n) is 24.4. The van der Waals surface area contributed by atoms with E-state index in [2.05, 4.69) is 32.8 Å².